The maximum atomic E-state index is 11.4. The third-order valence-electron chi connectivity index (χ3n) is 2.50. The lowest BCUT2D eigenvalue weighted by atomic mass is 10.3. The average molecular weight is 363 g/mol. The van der Waals surface area contributed by atoms with Crippen molar-refractivity contribution in [3.8, 4) is 5.75 Å². The zero-order valence-corrected chi connectivity index (χ0v) is 13.7. The van der Waals surface area contributed by atoms with Crippen molar-refractivity contribution in [3.63, 3.8) is 0 Å². The van der Waals surface area contributed by atoms with Crippen LogP contribution >= 0.6 is 23.2 Å². The molecule has 126 valence electrons. The Morgan fingerprint density at radius 3 is 2.61 bits per heavy atom. The van der Waals surface area contributed by atoms with E-state index in [1.165, 1.54) is 0 Å². The molecule has 0 unspecified atom stereocenters. The van der Waals surface area contributed by atoms with Crippen LogP contribution in [-0.4, -0.2) is 37.5 Å². The monoisotopic (exact) mass is 362 g/mol. The minimum atomic E-state index is -0.678. The van der Waals surface area contributed by atoms with Crippen molar-refractivity contribution in [2.45, 2.75) is 12.8 Å². The van der Waals surface area contributed by atoms with Gasteiger partial charge in [0.15, 0.2) is 6.61 Å². The van der Waals surface area contributed by atoms with Gasteiger partial charge in [-0.05, 0) is 24.6 Å². The second-order valence-electron chi connectivity index (χ2n) is 4.43. The molecule has 2 amide bonds. The first kappa shape index (κ1) is 19.1. The molecule has 0 aliphatic rings. The summed E-state index contributed by atoms with van der Waals surface area (Å²) in [5.74, 6) is -1.36. The van der Waals surface area contributed by atoms with Gasteiger partial charge in [-0.25, -0.2) is 0 Å². The number of hydrogen-bond donors (Lipinski definition) is 2. The van der Waals surface area contributed by atoms with Gasteiger partial charge in [0.2, 0.25) is 5.91 Å². The summed E-state index contributed by atoms with van der Waals surface area (Å²) in [7, 11) is 0. The Morgan fingerprint density at radius 2 is 1.96 bits per heavy atom. The van der Waals surface area contributed by atoms with Crippen LogP contribution in [0.1, 0.15) is 12.8 Å². The van der Waals surface area contributed by atoms with E-state index in [1.807, 2.05) is 0 Å². The quantitative estimate of drug-likeness (QED) is 0.508. The van der Waals surface area contributed by atoms with Gasteiger partial charge in [-0.3, -0.25) is 14.4 Å². The fourth-order valence-corrected chi connectivity index (χ4v) is 1.91. The van der Waals surface area contributed by atoms with Crippen molar-refractivity contribution in [1.82, 2.24) is 5.32 Å². The molecule has 1 rings (SSSR count). The fraction of sp³-hybridized carbons (Fsp3) is 0.357. The lowest BCUT2D eigenvalue weighted by molar-refractivity contribution is -0.148. The minimum Gasteiger partial charge on any atom is -0.492 e. The molecular weight excluding hydrogens is 347 g/mol. The molecule has 0 saturated heterocycles. The van der Waals surface area contributed by atoms with Gasteiger partial charge in [-0.2, -0.15) is 0 Å². The zero-order chi connectivity index (χ0) is 17.2. The number of primary amides is 1. The van der Waals surface area contributed by atoms with E-state index in [4.69, 9.17) is 38.4 Å². The number of amides is 2. The van der Waals surface area contributed by atoms with Gasteiger partial charge in [0.1, 0.15) is 5.75 Å². The number of nitrogens with one attached hydrogen (secondary N) is 1. The van der Waals surface area contributed by atoms with E-state index in [0.717, 1.165) is 0 Å². The smallest absolute Gasteiger partial charge is 0.306 e. The van der Waals surface area contributed by atoms with Crippen LogP contribution in [0.4, 0.5) is 0 Å². The molecule has 0 radical (unpaired) electrons. The molecule has 1 aromatic carbocycles. The maximum Gasteiger partial charge on any atom is 0.306 e. The lowest BCUT2D eigenvalue weighted by Crippen LogP contribution is -2.35. The van der Waals surface area contributed by atoms with Crippen molar-refractivity contribution in [3.05, 3.63) is 28.2 Å². The van der Waals surface area contributed by atoms with Crippen LogP contribution in [-0.2, 0) is 19.1 Å². The molecule has 0 aliphatic heterocycles. The Bertz CT molecular complexity index is 580. The molecule has 0 heterocycles. The number of esters is 1. The van der Waals surface area contributed by atoms with Gasteiger partial charge in [-0.15, -0.1) is 0 Å². The maximum absolute atomic E-state index is 11.4. The van der Waals surface area contributed by atoms with E-state index in [0.29, 0.717) is 22.2 Å². The van der Waals surface area contributed by atoms with Crippen molar-refractivity contribution in [2.75, 3.05) is 19.8 Å². The number of nitrogens with two attached hydrogens (primary N) is 1. The van der Waals surface area contributed by atoms with Crippen LogP contribution in [0.2, 0.25) is 10.0 Å². The second kappa shape index (κ2) is 9.91. The molecule has 0 saturated carbocycles. The van der Waals surface area contributed by atoms with Gasteiger partial charge in [0.25, 0.3) is 5.91 Å². The van der Waals surface area contributed by atoms with E-state index in [-0.39, 0.29) is 19.6 Å². The normalized spacial score (nSPS) is 10.0. The third-order valence-corrected chi connectivity index (χ3v) is 3.03. The summed E-state index contributed by atoms with van der Waals surface area (Å²) in [6.07, 6.45) is 0.467. The van der Waals surface area contributed by atoms with Crippen LogP contribution in [0, 0.1) is 0 Å². The number of carbonyl (C=O) groups excluding carboxylic acids is 3. The molecule has 3 N–H and O–H groups in total. The molecule has 0 spiro atoms. The fourth-order valence-electron chi connectivity index (χ4n) is 1.45. The van der Waals surface area contributed by atoms with Crippen LogP contribution in [0.3, 0.4) is 0 Å². The molecule has 1 aromatic rings. The molecule has 0 aliphatic carbocycles. The van der Waals surface area contributed by atoms with E-state index in [9.17, 15) is 14.4 Å². The van der Waals surface area contributed by atoms with Crippen LogP contribution < -0.4 is 15.8 Å². The SMILES string of the molecule is NC(=O)CNC(=O)COC(=O)CCCOc1ccc(Cl)cc1Cl. The van der Waals surface area contributed by atoms with E-state index < -0.39 is 24.4 Å². The summed E-state index contributed by atoms with van der Waals surface area (Å²) in [5, 5.41) is 3.08. The standard InChI is InChI=1S/C14H16Cl2N2O5/c15-9-3-4-11(10(16)6-9)22-5-1-2-14(21)23-8-13(20)18-7-12(17)19/h3-4,6H,1-2,5,7-8H2,(H2,17,19)(H,18,20). The summed E-state index contributed by atoms with van der Waals surface area (Å²) in [5.41, 5.74) is 4.85. The first-order chi connectivity index (χ1) is 10.9. The highest BCUT2D eigenvalue weighted by molar-refractivity contribution is 6.35. The van der Waals surface area contributed by atoms with Crippen molar-refractivity contribution >= 4 is 41.0 Å². The molecule has 0 fully saturated rings. The molecule has 0 bridgehead atoms. The lowest BCUT2D eigenvalue weighted by Gasteiger charge is -2.08. The van der Waals surface area contributed by atoms with E-state index in [1.54, 1.807) is 18.2 Å². The third kappa shape index (κ3) is 8.27. The Morgan fingerprint density at radius 1 is 1.22 bits per heavy atom. The Labute approximate surface area is 143 Å². The van der Waals surface area contributed by atoms with Crippen LogP contribution in [0.15, 0.2) is 18.2 Å². The van der Waals surface area contributed by atoms with Crippen molar-refractivity contribution in [1.29, 1.82) is 0 Å². The minimum absolute atomic E-state index is 0.0777. The first-order valence-corrected chi connectivity index (χ1v) is 7.42. The van der Waals surface area contributed by atoms with Gasteiger partial charge in [-0.1, -0.05) is 23.2 Å². The Balaban J connectivity index is 2.16. The summed E-state index contributed by atoms with van der Waals surface area (Å²) >= 11 is 11.7. The first-order valence-electron chi connectivity index (χ1n) is 6.67. The summed E-state index contributed by atoms with van der Waals surface area (Å²) in [6.45, 7) is -0.508. The topological polar surface area (TPSA) is 108 Å². The second-order valence-corrected chi connectivity index (χ2v) is 5.27. The highest BCUT2D eigenvalue weighted by Gasteiger charge is 2.08. The van der Waals surface area contributed by atoms with Gasteiger partial charge in [0.05, 0.1) is 18.2 Å². The highest BCUT2D eigenvalue weighted by Crippen LogP contribution is 2.27. The number of halogens is 2. The van der Waals surface area contributed by atoms with Gasteiger partial charge >= 0.3 is 5.97 Å². The Hall–Kier alpha value is -1.99. The summed E-state index contributed by atoms with van der Waals surface area (Å²) < 4.78 is 10.1. The molecule has 23 heavy (non-hydrogen) atoms. The predicted octanol–water partition coefficient (Wildman–Crippen LogP) is 1.30. The zero-order valence-electron chi connectivity index (χ0n) is 12.1. The molecular formula is C14H16Cl2N2O5. The molecule has 9 heteroatoms. The van der Waals surface area contributed by atoms with Crippen LogP contribution in [0.5, 0.6) is 5.75 Å². The van der Waals surface area contributed by atoms with Crippen molar-refractivity contribution in [2.24, 2.45) is 5.73 Å². The van der Waals surface area contributed by atoms with E-state index in [2.05, 4.69) is 5.32 Å². The average Bonchev–Trinajstić information content (AvgIpc) is 2.49. The number of rotatable bonds is 9. The van der Waals surface area contributed by atoms with E-state index >= 15 is 0 Å². The molecule has 7 nitrogen and oxygen atoms in total. The number of hydrogen-bond acceptors (Lipinski definition) is 5. The summed E-state index contributed by atoms with van der Waals surface area (Å²) in [6, 6.07) is 4.82. The number of benzene rings is 1. The summed E-state index contributed by atoms with van der Waals surface area (Å²) in [4.78, 5) is 33.0. The molecule has 0 aromatic heterocycles. The van der Waals surface area contributed by atoms with Crippen molar-refractivity contribution < 1.29 is 23.9 Å². The Kier molecular flexibility index (Phi) is 8.21. The van der Waals surface area contributed by atoms with Gasteiger partial charge < -0.3 is 20.5 Å². The number of carbonyl (C=O) groups is 3. The predicted molar refractivity (Wildman–Crippen MR) is 84.4 cm³/mol. The van der Waals surface area contributed by atoms with Crippen LogP contribution in [0.25, 0.3) is 0 Å². The largest absolute Gasteiger partial charge is 0.492 e. The number of ether oxygens (including phenoxy) is 2. The highest BCUT2D eigenvalue weighted by atomic mass is 35.5. The molecule has 0 atom stereocenters. The van der Waals surface area contributed by atoms with Gasteiger partial charge in [0, 0.05) is 11.4 Å².